The zero-order valence-electron chi connectivity index (χ0n) is 22.1. The van der Waals surface area contributed by atoms with E-state index >= 15 is 0 Å². The summed E-state index contributed by atoms with van der Waals surface area (Å²) in [6.45, 7) is 5.02. The smallest absolute Gasteiger partial charge is 0.506 e. The van der Waals surface area contributed by atoms with Gasteiger partial charge in [-0.3, -0.25) is 14.4 Å². The second-order valence-electron chi connectivity index (χ2n) is 9.54. The molecule has 2 amide bonds. The molecule has 0 unspecified atom stereocenters. The number of benzene rings is 1. The molecule has 12 nitrogen and oxygen atoms in total. The van der Waals surface area contributed by atoms with E-state index in [2.05, 4.69) is 20.4 Å². The van der Waals surface area contributed by atoms with Crippen LogP contribution in [0, 0.1) is 5.92 Å². The molecule has 4 N–H and O–H groups in total. The number of carbonyl (C=O) groups is 4. The molecule has 1 fully saturated rings. The fraction of sp³-hybridized carbons (Fsp3) is 0.423. The van der Waals surface area contributed by atoms with Crippen LogP contribution in [-0.4, -0.2) is 83.5 Å². The monoisotopic (exact) mass is 541 g/mol. The van der Waals surface area contributed by atoms with Crippen LogP contribution in [0.3, 0.4) is 0 Å². The Hall–Kier alpha value is -3.81. The van der Waals surface area contributed by atoms with Crippen molar-refractivity contribution in [3.63, 3.8) is 0 Å². The van der Waals surface area contributed by atoms with Gasteiger partial charge < -0.3 is 34.9 Å². The summed E-state index contributed by atoms with van der Waals surface area (Å²) in [7, 11) is -0.368. The highest BCUT2D eigenvalue weighted by Crippen LogP contribution is 2.20. The number of pyridine rings is 1. The van der Waals surface area contributed by atoms with Crippen LogP contribution in [-0.2, 0) is 28.4 Å². The van der Waals surface area contributed by atoms with Crippen molar-refractivity contribution in [1.29, 1.82) is 0 Å². The minimum atomic E-state index is -1.90. The number of hydrogen-bond acceptors (Lipinski definition) is 10. The van der Waals surface area contributed by atoms with Gasteiger partial charge in [0.2, 0.25) is 5.91 Å². The summed E-state index contributed by atoms with van der Waals surface area (Å²) in [4.78, 5) is 54.8. The molecule has 1 aromatic heterocycles. The van der Waals surface area contributed by atoms with E-state index in [1.807, 2.05) is 44.2 Å². The SMILES string of the molecule is COC(=O)[C@@H]1OB([C@H](CC(C)C)NC(=O)[C@@H](NC(=O)c2cccc(-c3ccccc3)n2)[C@@H](C)O)OC(=O)[C@@H]1O. The topological polar surface area (TPSA) is 173 Å². The summed E-state index contributed by atoms with van der Waals surface area (Å²) >= 11 is 0. The molecule has 0 bridgehead atoms. The molecule has 1 aromatic carbocycles. The van der Waals surface area contributed by atoms with Crippen LogP contribution < -0.4 is 10.6 Å². The Morgan fingerprint density at radius 1 is 1.08 bits per heavy atom. The molecule has 2 aromatic rings. The van der Waals surface area contributed by atoms with Gasteiger partial charge in [0.15, 0.2) is 12.2 Å². The third-order valence-electron chi connectivity index (χ3n) is 5.96. The second kappa shape index (κ2) is 13.3. The lowest BCUT2D eigenvalue weighted by molar-refractivity contribution is -0.174. The Morgan fingerprint density at radius 2 is 1.77 bits per heavy atom. The number of methoxy groups -OCH3 is 1. The first-order chi connectivity index (χ1) is 18.5. The predicted octanol–water partition coefficient (Wildman–Crippen LogP) is 0.262. The maximum Gasteiger partial charge on any atom is 0.552 e. The highest BCUT2D eigenvalue weighted by Gasteiger charge is 2.50. The Labute approximate surface area is 226 Å². The summed E-state index contributed by atoms with van der Waals surface area (Å²) in [5, 5.41) is 25.5. The van der Waals surface area contributed by atoms with Crippen molar-refractivity contribution in [1.82, 2.24) is 15.6 Å². The van der Waals surface area contributed by atoms with Gasteiger partial charge >= 0.3 is 19.1 Å². The molecule has 0 spiro atoms. The first-order valence-corrected chi connectivity index (χ1v) is 12.5. The summed E-state index contributed by atoms with van der Waals surface area (Å²) in [6.07, 6.45) is -4.63. The quantitative estimate of drug-likeness (QED) is 0.241. The molecular weight excluding hydrogens is 509 g/mol. The van der Waals surface area contributed by atoms with Gasteiger partial charge in [0, 0.05) is 5.56 Å². The summed E-state index contributed by atoms with van der Waals surface area (Å²) in [5.74, 6) is -4.61. The number of esters is 1. The largest absolute Gasteiger partial charge is 0.552 e. The normalized spacial score (nSPS) is 19.5. The first kappa shape index (κ1) is 29.7. The Morgan fingerprint density at radius 3 is 2.38 bits per heavy atom. The highest BCUT2D eigenvalue weighted by molar-refractivity contribution is 6.50. The number of rotatable bonds is 10. The Kier molecular flexibility index (Phi) is 10.2. The lowest BCUT2D eigenvalue weighted by Crippen LogP contribution is -2.63. The molecule has 1 aliphatic rings. The third kappa shape index (κ3) is 7.62. The number of aliphatic hydroxyl groups is 2. The average molecular weight is 541 g/mol. The van der Waals surface area contributed by atoms with Gasteiger partial charge in [-0.1, -0.05) is 50.2 Å². The van der Waals surface area contributed by atoms with E-state index in [9.17, 15) is 29.4 Å². The van der Waals surface area contributed by atoms with E-state index < -0.39 is 61.2 Å². The fourth-order valence-corrected chi connectivity index (χ4v) is 4.00. The number of hydrogen-bond donors (Lipinski definition) is 4. The van der Waals surface area contributed by atoms with Crippen molar-refractivity contribution in [2.24, 2.45) is 5.92 Å². The van der Waals surface area contributed by atoms with Crippen LogP contribution in [0.2, 0.25) is 0 Å². The van der Waals surface area contributed by atoms with E-state index in [4.69, 9.17) is 9.31 Å². The molecule has 39 heavy (non-hydrogen) atoms. The van der Waals surface area contributed by atoms with Crippen LogP contribution in [0.1, 0.15) is 37.7 Å². The van der Waals surface area contributed by atoms with E-state index in [0.29, 0.717) is 5.69 Å². The van der Waals surface area contributed by atoms with Crippen LogP contribution in [0.25, 0.3) is 11.3 Å². The molecule has 1 aliphatic heterocycles. The van der Waals surface area contributed by atoms with Gasteiger partial charge in [0.05, 0.1) is 24.8 Å². The summed E-state index contributed by atoms with van der Waals surface area (Å²) in [6, 6.07) is 12.7. The standard InChI is InChI=1S/C26H32BN3O9/c1-14(2)13-19(27-38-22(26(36)37-4)21(32)25(35)39-27)29-24(34)20(15(3)31)30-23(33)18-12-8-11-17(28-18)16-9-6-5-7-10-16/h5-12,14-15,19-22,31-32H,13H2,1-4H3,(H,29,34)(H,30,33)/t15-,19+,20+,21-,22-/m1/s1. The predicted molar refractivity (Wildman–Crippen MR) is 139 cm³/mol. The van der Waals surface area contributed by atoms with Crippen LogP contribution in [0.5, 0.6) is 0 Å². The van der Waals surface area contributed by atoms with Crippen LogP contribution in [0.4, 0.5) is 0 Å². The molecule has 0 saturated carbocycles. The van der Waals surface area contributed by atoms with E-state index in [-0.39, 0.29) is 18.0 Å². The maximum absolute atomic E-state index is 13.2. The van der Waals surface area contributed by atoms with E-state index in [1.54, 1.807) is 12.1 Å². The summed E-state index contributed by atoms with van der Waals surface area (Å²) in [5.41, 5.74) is 1.38. The molecule has 208 valence electrons. The molecule has 0 radical (unpaired) electrons. The highest BCUT2D eigenvalue weighted by atomic mass is 16.7. The number of amides is 2. The van der Waals surface area contributed by atoms with Crippen molar-refractivity contribution in [3.05, 3.63) is 54.2 Å². The van der Waals surface area contributed by atoms with Gasteiger partial charge in [-0.2, -0.15) is 0 Å². The molecule has 3 rings (SSSR count). The fourth-order valence-electron chi connectivity index (χ4n) is 4.00. The zero-order chi connectivity index (χ0) is 28.7. The van der Waals surface area contributed by atoms with Crippen molar-refractivity contribution in [3.8, 4) is 11.3 Å². The average Bonchev–Trinajstić information content (AvgIpc) is 2.92. The van der Waals surface area contributed by atoms with Gasteiger partial charge in [0.1, 0.15) is 11.7 Å². The Balaban J connectivity index is 1.77. The molecule has 1 saturated heterocycles. The number of carbonyl (C=O) groups excluding carboxylic acids is 4. The number of aromatic nitrogens is 1. The molecule has 5 atom stereocenters. The zero-order valence-corrected chi connectivity index (χ0v) is 22.1. The van der Waals surface area contributed by atoms with E-state index in [0.717, 1.165) is 12.7 Å². The lowest BCUT2D eigenvalue weighted by atomic mass is 9.72. The van der Waals surface area contributed by atoms with Gasteiger partial charge in [0.25, 0.3) is 5.91 Å². The molecular formula is C26H32BN3O9. The number of nitrogens with one attached hydrogen (secondary N) is 2. The summed E-state index contributed by atoms with van der Waals surface area (Å²) < 4.78 is 15.2. The Bertz CT molecular complexity index is 1180. The third-order valence-corrected chi connectivity index (χ3v) is 5.96. The minimum absolute atomic E-state index is 0.0352. The molecule has 2 heterocycles. The van der Waals surface area contributed by atoms with Crippen molar-refractivity contribution in [2.75, 3.05) is 7.11 Å². The van der Waals surface area contributed by atoms with Gasteiger partial charge in [-0.05, 0) is 31.4 Å². The second-order valence-corrected chi connectivity index (χ2v) is 9.54. The first-order valence-electron chi connectivity index (χ1n) is 12.5. The van der Waals surface area contributed by atoms with Crippen LogP contribution in [0.15, 0.2) is 48.5 Å². The number of aliphatic hydroxyl groups excluding tert-OH is 2. The van der Waals surface area contributed by atoms with Gasteiger partial charge in [-0.25, -0.2) is 9.78 Å². The van der Waals surface area contributed by atoms with Crippen LogP contribution >= 0.6 is 0 Å². The number of ether oxygens (including phenoxy) is 1. The maximum atomic E-state index is 13.2. The van der Waals surface area contributed by atoms with Crippen molar-refractivity contribution < 1.29 is 43.4 Å². The number of nitrogens with zero attached hydrogens (tertiary/aromatic N) is 1. The van der Waals surface area contributed by atoms with Gasteiger partial charge in [-0.15, -0.1) is 0 Å². The molecule has 13 heteroatoms. The van der Waals surface area contributed by atoms with Crippen molar-refractivity contribution >= 4 is 30.9 Å². The lowest BCUT2D eigenvalue weighted by Gasteiger charge is -2.34. The van der Waals surface area contributed by atoms with Crippen molar-refractivity contribution in [2.45, 2.75) is 57.5 Å². The minimum Gasteiger partial charge on any atom is -0.506 e. The van der Waals surface area contributed by atoms with E-state index in [1.165, 1.54) is 13.0 Å². The molecule has 0 aliphatic carbocycles.